The minimum Gasteiger partial charge on any atom is -0.493 e. The maximum absolute atomic E-state index is 12.6. The van der Waals surface area contributed by atoms with Crippen LogP contribution in [0.4, 0.5) is 0 Å². The molecule has 2 heterocycles. The quantitative estimate of drug-likeness (QED) is 0.501. The number of fused-ring (bicyclic) bond motifs is 5. The molecular formula is C23H35ClN2O5. The van der Waals surface area contributed by atoms with Crippen LogP contribution < -0.4 is 14.2 Å². The molecule has 1 aromatic rings. The maximum Gasteiger partial charge on any atom is 0.338 e. The van der Waals surface area contributed by atoms with Gasteiger partial charge in [0, 0.05) is 25.0 Å². The van der Waals surface area contributed by atoms with E-state index in [4.69, 9.17) is 30.5 Å². The molecule has 1 fully saturated rings. The number of hydrogen-bond acceptors (Lipinski definition) is 7. The molecule has 8 heteroatoms. The van der Waals surface area contributed by atoms with E-state index < -0.39 is 0 Å². The topological polar surface area (TPSA) is 60.5 Å². The van der Waals surface area contributed by atoms with Crippen molar-refractivity contribution in [1.29, 1.82) is 0 Å². The molecule has 0 spiro atoms. The van der Waals surface area contributed by atoms with Gasteiger partial charge in [-0.3, -0.25) is 0 Å². The van der Waals surface area contributed by atoms with Crippen molar-refractivity contribution in [3.05, 3.63) is 17.7 Å². The highest BCUT2D eigenvalue weighted by Gasteiger charge is 2.20. The second-order valence-electron chi connectivity index (χ2n) is 8.11. The molecule has 0 aliphatic carbocycles. The van der Waals surface area contributed by atoms with Gasteiger partial charge in [-0.05, 0) is 63.9 Å². The Balaban J connectivity index is 1.73. The second kappa shape index (κ2) is 12.4. The molecule has 31 heavy (non-hydrogen) atoms. The Morgan fingerprint density at radius 3 is 2.32 bits per heavy atom. The van der Waals surface area contributed by atoms with Crippen molar-refractivity contribution < 1.29 is 23.7 Å². The highest BCUT2D eigenvalue weighted by Crippen LogP contribution is 2.38. The van der Waals surface area contributed by atoms with Gasteiger partial charge in [-0.15, -0.1) is 11.6 Å². The Bertz CT molecular complexity index is 717. The summed E-state index contributed by atoms with van der Waals surface area (Å²) in [7, 11) is 3.10. The third-order valence-corrected chi connectivity index (χ3v) is 6.33. The fourth-order valence-corrected chi connectivity index (χ4v) is 4.37. The summed E-state index contributed by atoms with van der Waals surface area (Å²) < 4.78 is 22.3. The van der Waals surface area contributed by atoms with Gasteiger partial charge in [0.2, 0.25) is 5.75 Å². The first-order valence-electron chi connectivity index (χ1n) is 11.3. The van der Waals surface area contributed by atoms with E-state index >= 15 is 0 Å². The van der Waals surface area contributed by atoms with E-state index in [-0.39, 0.29) is 11.3 Å². The zero-order chi connectivity index (χ0) is 22.1. The molecule has 0 radical (unpaired) electrons. The predicted octanol–water partition coefficient (Wildman–Crippen LogP) is 3.43. The van der Waals surface area contributed by atoms with Crippen molar-refractivity contribution >= 4 is 17.6 Å². The molecule has 2 aliphatic heterocycles. The number of nitrogens with zero attached hydrogens (tertiary/aromatic N) is 2. The average Bonchev–Trinajstić information content (AvgIpc) is 3.02. The number of benzene rings is 1. The number of esters is 1. The van der Waals surface area contributed by atoms with E-state index in [2.05, 4.69) is 9.80 Å². The Morgan fingerprint density at radius 1 is 0.871 bits per heavy atom. The van der Waals surface area contributed by atoms with Crippen LogP contribution in [0.25, 0.3) is 0 Å². The van der Waals surface area contributed by atoms with Crippen molar-refractivity contribution in [2.45, 2.75) is 37.5 Å². The molecule has 0 aromatic heterocycles. The van der Waals surface area contributed by atoms with Crippen LogP contribution in [-0.2, 0) is 4.74 Å². The van der Waals surface area contributed by atoms with Gasteiger partial charge in [0.15, 0.2) is 11.5 Å². The Hall–Kier alpha value is -1.70. The number of carbonyl (C=O) groups excluding carboxylic acids is 1. The molecule has 7 nitrogen and oxygen atoms in total. The molecule has 0 amide bonds. The summed E-state index contributed by atoms with van der Waals surface area (Å²) in [6, 6.07) is 3.30. The predicted molar refractivity (Wildman–Crippen MR) is 121 cm³/mol. The number of carbonyl (C=O) groups is 1. The standard InChI is InChI=1S/C23H35ClN2O5/c1-28-20-16-18-17-21(22(20)29-2)30-14-3-6-19(24)7-11-26-9-4-8-25(12-13-26)10-5-15-31-23(18)27/h16-17,19H,3-15H2,1-2H3. The first-order valence-corrected chi connectivity index (χ1v) is 11.7. The van der Waals surface area contributed by atoms with Crippen molar-refractivity contribution in [2.75, 3.05) is 66.7 Å². The zero-order valence-electron chi connectivity index (χ0n) is 18.7. The zero-order valence-corrected chi connectivity index (χ0v) is 19.5. The number of hydrogen-bond donors (Lipinski definition) is 0. The fourth-order valence-electron chi connectivity index (χ4n) is 4.12. The molecule has 174 valence electrons. The number of halogens is 1. The van der Waals surface area contributed by atoms with Gasteiger partial charge in [-0.1, -0.05) is 0 Å². The first-order chi connectivity index (χ1) is 15.1. The van der Waals surface area contributed by atoms with Crippen LogP contribution in [0.3, 0.4) is 0 Å². The fraction of sp³-hybridized carbons (Fsp3) is 0.696. The lowest BCUT2D eigenvalue weighted by molar-refractivity contribution is 0.0487. The van der Waals surface area contributed by atoms with Crippen LogP contribution in [0.15, 0.2) is 12.1 Å². The van der Waals surface area contributed by atoms with Crippen LogP contribution in [0.2, 0.25) is 0 Å². The maximum atomic E-state index is 12.6. The Kier molecular flexibility index (Phi) is 9.55. The number of ether oxygens (including phenoxy) is 4. The van der Waals surface area contributed by atoms with Crippen molar-refractivity contribution in [1.82, 2.24) is 9.80 Å². The average molecular weight is 455 g/mol. The van der Waals surface area contributed by atoms with Crippen molar-refractivity contribution in [3.63, 3.8) is 0 Å². The summed E-state index contributed by atoms with van der Waals surface area (Å²) in [5.41, 5.74) is 0.395. The highest BCUT2D eigenvalue weighted by atomic mass is 35.5. The Labute approximate surface area is 190 Å². The molecule has 0 saturated carbocycles. The highest BCUT2D eigenvalue weighted by molar-refractivity contribution is 6.20. The van der Waals surface area contributed by atoms with E-state index in [9.17, 15) is 4.79 Å². The molecule has 4 bridgehead atoms. The number of rotatable bonds is 2. The van der Waals surface area contributed by atoms with Gasteiger partial charge in [0.1, 0.15) is 0 Å². The van der Waals surface area contributed by atoms with E-state index in [1.807, 2.05) is 0 Å². The molecule has 0 N–H and O–H groups in total. The minimum absolute atomic E-state index is 0.128. The van der Waals surface area contributed by atoms with Gasteiger partial charge in [0.05, 0.1) is 33.0 Å². The smallest absolute Gasteiger partial charge is 0.338 e. The molecule has 2 aliphatic rings. The number of methoxy groups -OCH3 is 2. The van der Waals surface area contributed by atoms with Gasteiger partial charge >= 0.3 is 5.97 Å². The lowest BCUT2D eigenvalue weighted by atomic mass is 10.1. The van der Waals surface area contributed by atoms with Gasteiger partial charge in [-0.2, -0.15) is 0 Å². The van der Waals surface area contributed by atoms with Crippen molar-refractivity contribution in [2.24, 2.45) is 0 Å². The molecule has 3 atom stereocenters. The molecule has 1 aromatic carbocycles. The number of cyclic esters (lactones) is 1. The molecule has 3 unspecified atom stereocenters. The summed E-state index contributed by atoms with van der Waals surface area (Å²) in [6.45, 7) is 7.16. The molecule has 1 saturated heterocycles. The van der Waals surface area contributed by atoms with Crippen molar-refractivity contribution in [3.8, 4) is 17.2 Å². The van der Waals surface area contributed by atoms with E-state index in [1.165, 1.54) is 7.11 Å². The summed E-state index contributed by atoms with van der Waals surface area (Å²) in [6.07, 6.45) is 4.66. The first kappa shape index (κ1) is 24.0. The Morgan fingerprint density at radius 2 is 1.58 bits per heavy atom. The monoisotopic (exact) mass is 454 g/mol. The van der Waals surface area contributed by atoms with Crippen LogP contribution in [0.5, 0.6) is 17.2 Å². The lowest BCUT2D eigenvalue weighted by Crippen LogP contribution is -2.33. The van der Waals surface area contributed by atoms with Gasteiger partial charge in [-0.25, -0.2) is 4.79 Å². The minimum atomic E-state index is -0.383. The summed E-state index contributed by atoms with van der Waals surface area (Å²) >= 11 is 6.58. The van der Waals surface area contributed by atoms with Crippen LogP contribution >= 0.6 is 11.6 Å². The van der Waals surface area contributed by atoms with Crippen LogP contribution in [-0.4, -0.2) is 87.8 Å². The molecular weight excluding hydrogens is 420 g/mol. The normalized spacial score (nSPS) is 26.4. The van der Waals surface area contributed by atoms with Crippen LogP contribution in [0, 0.1) is 0 Å². The SMILES string of the molecule is COc1cc2cc(c1OC)OCCCC(Cl)CCN1CCCN(CCCOC2=O)CC1. The van der Waals surface area contributed by atoms with E-state index in [0.29, 0.717) is 36.0 Å². The lowest BCUT2D eigenvalue weighted by Gasteiger charge is -2.22. The third kappa shape index (κ3) is 7.16. The largest absolute Gasteiger partial charge is 0.493 e. The number of alkyl halides is 1. The van der Waals surface area contributed by atoms with E-state index in [0.717, 1.165) is 71.4 Å². The molecule has 3 rings (SSSR count). The summed E-state index contributed by atoms with van der Waals surface area (Å²) in [5, 5.41) is 0.128. The van der Waals surface area contributed by atoms with E-state index in [1.54, 1.807) is 19.2 Å². The third-order valence-electron chi connectivity index (χ3n) is 5.89. The van der Waals surface area contributed by atoms with Crippen LogP contribution in [0.1, 0.15) is 42.5 Å². The summed E-state index contributed by atoms with van der Waals surface area (Å²) in [4.78, 5) is 17.6. The van der Waals surface area contributed by atoms with Gasteiger partial charge < -0.3 is 28.7 Å². The van der Waals surface area contributed by atoms with Gasteiger partial charge in [0.25, 0.3) is 0 Å². The summed E-state index contributed by atoms with van der Waals surface area (Å²) in [5.74, 6) is 1.01. The second-order valence-corrected chi connectivity index (χ2v) is 8.73.